The van der Waals surface area contributed by atoms with Crippen molar-refractivity contribution in [3.05, 3.63) is 29.8 Å². The lowest BCUT2D eigenvalue weighted by Crippen LogP contribution is -2.41. The molecule has 1 fully saturated rings. The van der Waals surface area contributed by atoms with E-state index in [4.69, 9.17) is 9.31 Å². The second-order valence-electron chi connectivity index (χ2n) is 6.86. The van der Waals surface area contributed by atoms with Crippen molar-refractivity contribution < 1.29 is 14.1 Å². The van der Waals surface area contributed by atoms with Gasteiger partial charge in [0.2, 0.25) is 5.91 Å². The molecule has 4 nitrogen and oxygen atoms in total. The summed E-state index contributed by atoms with van der Waals surface area (Å²) < 4.78 is 12.0. The van der Waals surface area contributed by atoms with Crippen LogP contribution in [-0.4, -0.2) is 30.8 Å². The van der Waals surface area contributed by atoms with E-state index in [0.29, 0.717) is 6.42 Å². The van der Waals surface area contributed by atoms with Gasteiger partial charge in [0.1, 0.15) is 0 Å². The van der Waals surface area contributed by atoms with Gasteiger partial charge in [-0.25, -0.2) is 0 Å². The van der Waals surface area contributed by atoms with E-state index in [1.807, 2.05) is 58.9 Å². The number of nitrogens with one attached hydrogen (secondary N) is 1. The van der Waals surface area contributed by atoms with Gasteiger partial charge in [-0.2, -0.15) is 0 Å². The predicted molar refractivity (Wildman–Crippen MR) is 89.2 cm³/mol. The zero-order valence-electron chi connectivity index (χ0n) is 14.2. The smallest absolute Gasteiger partial charge is 0.399 e. The highest BCUT2D eigenvalue weighted by molar-refractivity contribution is 6.62. The molecule has 0 atom stereocenters. The van der Waals surface area contributed by atoms with Gasteiger partial charge in [-0.15, -0.1) is 0 Å². The monoisotopic (exact) mass is 303 g/mol. The number of benzene rings is 1. The Balaban J connectivity index is 2.00. The highest BCUT2D eigenvalue weighted by Crippen LogP contribution is 2.36. The maximum absolute atomic E-state index is 11.7. The summed E-state index contributed by atoms with van der Waals surface area (Å²) >= 11 is 0. The molecule has 1 N–H and O–H groups in total. The molecule has 0 saturated carbocycles. The molecule has 0 unspecified atom stereocenters. The Hall–Kier alpha value is -1.33. The van der Waals surface area contributed by atoms with E-state index in [1.54, 1.807) is 0 Å². The van der Waals surface area contributed by atoms with Crippen molar-refractivity contribution in [2.75, 3.05) is 6.54 Å². The molecule has 2 rings (SSSR count). The molecule has 1 aromatic rings. The lowest BCUT2D eigenvalue weighted by molar-refractivity contribution is -0.120. The molecular formula is C17H26BNO3. The van der Waals surface area contributed by atoms with E-state index in [0.717, 1.165) is 24.0 Å². The van der Waals surface area contributed by atoms with Crippen molar-refractivity contribution in [3.8, 4) is 0 Å². The van der Waals surface area contributed by atoms with E-state index in [2.05, 4.69) is 5.32 Å². The van der Waals surface area contributed by atoms with Crippen LogP contribution in [0.3, 0.4) is 0 Å². The molecule has 1 aliphatic heterocycles. The van der Waals surface area contributed by atoms with Crippen molar-refractivity contribution in [2.45, 2.75) is 58.7 Å². The third-order valence-corrected chi connectivity index (χ3v) is 4.44. The number of hydrogen-bond acceptors (Lipinski definition) is 3. The molecule has 0 bridgehead atoms. The van der Waals surface area contributed by atoms with Gasteiger partial charge in [0.25, 0.3) is 0 Å². The van der Waals surface area contributed by atoms with E-state index in [-0.39, 0.29) is 24.2 Å². The molecule has 0 aromatic heterocycles. The summed E-state index contributed by atoms with van der Waals surface area (Å²) in [5, 5.41) is 2.88. The van der Waals surface area contributed by atoms with Crippen molar-refractivity contribution in [3.63, 3.8) is 0 Å². The minimum absolute atomic E-state index is 0.0604. The molecule has 0 radical (unpaired) electrons. The summed E-state index contributed by atoms with van der Waals surface area (Å²) in [4.78, 5) is 11.7. The fourth-order valence-electron chi connectivity index (χ4n) is 2.28. The number of amides is 1. The zero-order chi connectivity index (χ0) is 16.4. The minimum atomic E-state index is -0.354. The normalized spacial score (nSPS) is 19.2. The van der Waals surface area contributed by atoms with E-state index in [9.17, 15) is 4.79 Å². The van der Waals surface area contributed by atoms with Gasteiger partial charge in [0, 0.05) is 6.54 Å². The van der Waals surface area contributed by atoms with Gasteiger partial charge in [0.15, 0.2) is 0 Å². The van der Waals surface area contributed by atoms with Crippen LogP contribution in [0.15, 0.2) is 24.3 Å². The summed E-state index contributed by atoms with van der Waals surface area (Å²) in [6, 6.07) is 7.88. The first kappa shape index (κ1) is 17.0. The Labute approximate surface area is 133 Å². The number of carbonyl (C=O) groups excluding carboxylic acids is 1. The standard InChI is InChI=1S/C17H26BNO3/c1-6-11-19-15(20)12-13-7-9-14(10-8-13)18-21-16(2,3)17(4,5)22-18/h7-10H,6,11-12H2,1-5H3,(H,19,20). The summed E-state index contributed by atoms with van der Waals surface area (Å²) in [6.07, 6.45) is 1.36. The van der Waals surface area contributed by atoms with Gasteiger partial charge >= 0.3 is 7.12 Å². The summed E-state index contributed by atoms with van der Waals surface area (Å²) in [5.74, 6) is 0.0604. The first-order valence-electron chi connectivity index (χ1n) is 7.96. The molecule has 1 aromatic carbocycles. The molecule has 1 saturated heterocycles. The Morgan fingerprint density at radius 3 is 2.14 bits per heavy atom. The first-order valence-corrected chi connectivity index (χ1v) is 7.96. The zero-order valence-corrected chi connectivity index (χ0v) is 14.2. The molecule has 0 aliphatic carbocycles. The minimum Gasteiger partial charge on any atom is -0.399 e. The fraction of sp³-hybridized carbons (Fsp3) is 0.588. The third kappa shape index (κ3) is 3.71. The van der Waals surface area contributed by atoms with Gasteiger partial charge in [-0.05, 0) is 45.1 Å². The van der Waals surface area contributed by atoms with Crippen LogP contribution in [0.25, 0.3) is 0 Å². The number of hydrogen-bond donors (Lipinski definition) is 1. The Morgan fingerprint density at radius 2 is 1.64 bits per heavy atom. The number of carbonyl (C=O) groups is 1. The van der Waals surface area contributed by atoms with E-state index in [1.165, 1.54) is 0 Å². The topological polar surface area (TPSA) is 47.6 Å². The van der Waals surface area contributed by atoms with Gasteiger partial charge in [-0.1, -0.05) is 31.2 Å². The highest BCUT2D eigenvalue weighted by atomic mass is 16.7. The van der Waals surface area contributed by atoms with Crippen LogP contribution < -0.4 is 10.8 Å². The molecular weight excluding hydrogens is 277 g/mol. The molecule has 120 valence electrons. The number of rotatable bonds is 5. The molecule has 5 heteroatoms. The lowest BCUT2D eigenvalue weighted by atomic mass is 9.79. The first-order chi connectivity index (χ1) is 10.2. The van der Waals surface area contributed by atoms with Crippen LogP contribution >= 0.6 is 0 Å². The predicted octanol–water partition coefficient (Wildman–Crippen LogP) is 2.05. The second-order valence-corrected chi connectivity index (χ2v) is 6.86. The van der Waals surface area contributed by atoms with Crippen LogP contribution in [0.1, 0.15) is 46.6 Å². The fourth-order valence-corrected chi connectivity index (χ4v) is 2.28. The van der Waals surface area contributed by atoms with E-state index >= 15 is 0 Å². The van der Waals surface area contributed by atoms with Crippen LogP contribution in [0, 0.1) is 0 Å². The maximum atomic E-state index is 11.7. The Bertz CT molecular complexity index is 509. The van der Waals surface area contributed by atoms with Crippen LogP contribution in [-0.2, 0) is 20.5 Å². The lowest BCUT2D eigenvalue weighted by Gasteiger charge is -2.32. The highest BCUT2D eigenvalue weighted by Gasteiger charge is 2.51. The van der Waals surface area contributed by atoms with Crippen molar-refractivity contribution >= 4 is 18.5 Å². The van der Waals surface area contributed by atoms with Gasteiger partial charge in [-0.3, -0.25) is 4.79 Å². The SMILES string of the molecule is CCCNC(=O)Cc1ccc(B2OC(C)(C)C(C)(C)O2)cc1. The quantitative estimate of drug-likeness (QED) is 0.847. The summed E-state index contributed by atoms with van der Waals surface area (Å²) in [7, 11) is -0.354. The molecule has 22 heavy (non-hydrogen) atoms. The Morgan fingerprint density at radius 1 is 1.09 bits per heavy atom. The molecule has 1 amide bonds. The largest absolute Gasteiger partial charge is 0.494 e. The molecule has 1 aliphatic rings. The average Bonchev–Trinajstić information content (AvgIpc) is 2.66. The van der Waals surface area contributed by atoms with Crippen molar-refractivity contribution in [1.82, 2.24) is 5.32 Å². The van der Waals surface area contributed by atoms with E-state index < -0.39 is 0 Å². The Kier molecular flexibility index (Phi) is 4.98. The molecule has 0 spiro atoms. The van der Waals surface area contributed by atoms with Crippen molar-refractivity contribution in [1.29, 1.82) is 0 Å². The third-order valence-electron chi connectivity index (χ3n) is 4.44. The van der Waals surface area contributed by atoms with Gasteiger partial charge < -0.3 is 14.6 Å². The summed E-state index contributed by atoms with van der Waals surface area (Å²) in [6.45, 7) is 10.9. The summed E-state index contributed by atoms with van der Waals surface area (Å²) in [5.41, 5.74) is 1.30. The van der Waals surface area contributed by atoms with Crippen LogP contribution in [0.2, 0.25) is 0 Å². The maximum Gasteiger partial charge on any atom is 0.494 e. The molecule has 1 heterocycles. The van der Waals surface area contributed by atoms with Crippen molar-refractivity contribution in [2.24, 2.45) is 0 Å². The van der Waals surface area contributed by atoms with Crippen LogP contribution in [0.4, 0.5) is 0 Å². The van der Waals surface area contributed by atoms with Crippen LogP contribution in [0.5, 0.6) is 0 Å². The second kappa shape index (κ2) is 6.43. The average molecular weight is 303 g/mol. The van der Waals surface area contributed by atoms with Gasteiger partial charge in [0.05, 0.1) is 17.6 Å².